The minimum atomic E-state index is -0.440. The van der Waals surface area contributed by atoms with Crippen LogP contribution in [0.3, 0.4) is 0 Å². The van der Waals surface area contributed by atoms with Crippen LogP contribution in [0.25, 0.3) is 0 Å². The Morgan fingerprint density at radius 3 is 2.76 bits per heavy atom. The van der Waals surface area contributed by atoms with Crippen LogP contribution < -0.4 is 10.1 Å². The minimum absolute atomic E-state index is 0.141. The van der Waals surface area contributed by atoms with Crippen molar-refractivity contribution in [1.82, 2.24) is 14.8 Å². The number of ether oxygens (including phenoxy) is 1. The Morgan fingerprint density at radius 1 is 1.31 bits per heavy atom. The van der Waals surface area contributed by atoms with Gasteiger partial charge in [0.25, 0.3) is 0 Å². The summed E-state index contributed by atoms with van der Waals surface area (Å²) >= 11 is 0. The van der Waals surface area contributed by atoms with Crippen LogP contribution in [0.5, 0.6) is 5.75 Å². The molecule has 1 N–H and O–H groups in total. The molecule has 1 aliphatic rings. The molecule has 29 heavy (non-hydrogen) atoms. The van der Waals surface area contributed by atoms with Gasteiger partial charge in [0.1, 0.15) is 17.3 Å². The second-order valence-electron chi connectivity index (χ2n) is 7.35. The van der Waals surface area contributed by atoms with E-state index in [-0.39, 0.29) is 11.8 Å². The lowest BCUT2D eigenvalue weighted by atomic mass is 9.93. The Kier molecular flexibility index (Phi) is 5.05. The highest BCUT2D eigenvalue weighted by Gasteiger charge is 2.60. The first-order valence-electron chi connectivity index (χ1n) is 9.66. The summed E-state index contributed by atoms with van der Waals surface area (Å²) in [6.07, 6.45) is 3.64. The standard InChI is InChI=1S/C22H23FN4O2/c1-3-27-13-19(15(2)26-27)29-14-22(16-7-5-4-6-8-16)11-18(22)21(28)25-20-10-9-17(23)12-24-20/h4-10,12-13,18H,3,11,14H2,1-2H3,(H,24,25,28). The second kappa shape index (κ2) is 7.66. The molecule has 2 atom stereocenters. The smallest absolute Gasteiger partial charge is 0.229 e. The van der Waals surface area contributed by atoms with Gasteiger partial charge in [0.2, 0.25) is 5.91 Å². The van der Waals surface area contributed by atoms with E-state index in [1.165, 1.54) is 12.1 Å². The van der Waals surface area contributed by atoms with E-state index in [0.717, 1.165) is 29.7 Å². The molecule has 0 aliphatic heterocycles. The van der Waals surface area contributed by atoms with Crippen molar-refractivity contribution >= 4 is 11.7 Å². The zero-order valence-electron chi connectivity index (χ0n) is 16.4. The van der Waals surface area contributed by atoms with Crippen molar-refractivity contribution in [1.29, 1.82) is 0 Å². The van der Waals surface area contributed by atoms with Gasteiger partial charge in [-0.2, -0.15) is 5.10 Å². The number of nitrogens with zero attached hydrogens (tertiary/aromatic N) is 3. The molecule has 0 bridgehead atoms. The van der Waals surface area contributed by atoms with Gasteiger partial charge in [-0.05, 0) is 38.0 Å². The summed E-state index contributed by atoms with van der Waals surface area (Å²) in [5.41, 5.74) is 1.48. The molecule has 1 fully saturated rings. The molecule has 2 heterocycles. The van der Waals surface area contributed by atoms with Gasteiger partial charge in [0.15, 0.2) is 5.75 Å². The van der Waals surface area contributed by atoms with Gasteiger partial charge in [0, 0.05) is 12.0 Å². The Labute approximate surface area is 168 Å². The number of rotatable bonds is 7. The van der Waals surface area contributed by atoms with Gasteiger partial charge in [-0.1, -0.05) is 30.3 Å². The molecule has 0 spiro atoms. The van der Waals surface area contributed by atoms with Crippen molar-refractivity contribution < 1.29 is 13.9 Å². The summed E-state index contributed by atoms with van der Waals surface area (Å²) in [5, 5.41) is 7.20. The number of aryl methyl sites for hydroxylation is 2. The number of amides is 1. The zero-order valence-corrected chi connectivity index (χ0v) is 16.4. The molecule has 4 rings (SSSR count). The Bertz CT molecular complexity index is 1000. The fourth-order valence-electron chi connectivity index (χ4n) is 3.65. The summed E-state index contributed by atoms with van der Waals surface area (Å²) in [7, 11) is 0. The van der Waals surface area contributed by atoms with E-state index in [1.807, 2.05) is 55.1 Å². The van der Waals surface area contributed by atoms with Crippen molar-refractivity contribution in [2.45, 2.75) is 32.2 Å². The van der Waals surface area contributed by atoms with Crippen molar-refractivity contribution in [3.8, 4) is 5.75 Å². The van der Waals surface area contributed by atoms with E-state index in [2.05, 4.69) is 15.4 Å². The first-order valence-corrected chi connectivity index (χ1v) is 9.66. The third kappa shape index (κ3) is 3.85. The van der Waals surface area contributed by atoms with Crippen LogP contribution in [0.15, 0.2) is 54.9 Å². The number of pyridine rings is 1. The van der Waals surface area contributed by atoms with Gasteiger partial charge < -0.3 is 10.1 Å². The van der Waals surface area contributed by atoms with E-state index in [0.29, 0.717) is 18.8 Å². The number of nitrogens with one attached hydrogen (secondary N) is 1. The van der Waals surface area contributed by atoms with Crippen LogP contribution in [0.4, 0.5) is 10.2 Å². The van der Waals surface area contributed by atoms with Crippen LogP contribution in [0.1, 0.15) is 24.6 Å². The molecule has 1 aliphatic carbocycles. The van der Waals surface area contributed by atoms with Gasteiger partial charge >= 0.3 is 0 Å². The summed E-state index contributed by atoms with van der Waals surface area (Å²) < 4.78 is 21.0. The van der Waals surface area contributed by atoms with Crippen LogP contribution in [0, 0.1) is 18.7 Å². The van der Waals surface area contributed by atoms with E-state index in [1.54, 1.807) is 0 Å². The highest BCUT2D eigenvalue weighted by atomic mass is 19.1. The third-order valence-electron chi connectivity index (χ3n) is 5.43. The van der Waals surface area contributed by atoms with Crippen molar-refractivity contribution in [2.24, 2.45) is 5.92 Å². The molecule has 1 saturated carbocycles. The summed E-state index contributed by atoms with van der Waals surface area (Å²) in [6.45, 7) is 5.08. The van der Waals surface area contributed by atoms with Crippen molar-refractivity contribution in [2.75, 3.05) is 11.9 Å². The van der Waals surface area contributed by atoms with E-state index in [9.17, 15) is 9.18 Å². The Hall–Kier alpha value is -3.22. The van der Waals surface area contributed by atoms with Gasteiger partial charge in [-0.15, -0.1) is 0 Å². The van der Waals surface area contributed by atoms with Gasteiger partial charge in [-0.25, -0.2) is 9.37 Å². The molecule has 1 amide bonds. The van der Waals surface area contributed by atoms with E-state index < -0.39 is 11.2 Å². The van der Waals surface area contributed by atoms with Crippen molar-refractivity contribution in [3.05, 3.63) is 71.9 Å². The van der Waals surface area contributed by atoms with Crippen LogP contribution >= 0.6 is 0 Å². The van der Waals surface area contributed by atoms with Crippen LogP contribution in [0.2, 0.25) is 0 Å². The van der Waals surface area contributed by atoms with E-state index >= 15 is 0 Å². The average molecular weight is 394 g/mol. The molecule has 6 nitrogen and oxygen atoms in total. The maximum absolute atomic E-state index is 13.1. The molecule has 0 radical (unpaired) electrons. The Balaban J connectivity index is 1.52. The SMILES string of the molecule is CCn1cc(OCC2(c3ccccc3)CC2C(=O)Nc2ccc(F)cn2)c(C)n1. The van der Waals surface area contributed by atoms with E-state index in [4.69, 9.17) is 4.74 Å². The zero-order chi connectivity index (χ0) is 20.4. The fraction of sp³-hybridized carbons (Fsp3) is 0.318. The molecule has 0 saturated heterocycles. The molecule has 3 aromatic rings. The summed E-state index contributed by atoms with van der Waals surface area (Å²) in [5.74, 6) is 0.236. The lowest BCUT2D eigenvalue weighted by Gasteiger charge is -2.18. The topological polar surface area (TPSA) is 69.0 Å². The predicted molar refractivity (Wildman–Crippen MR) is 107 cm³/mol. The molecular weight excluding hydrogens is 371 g/mol. The first kappa shape index (κ1) is 19.1. The van der Waals surface area contributed by atoms with Gasteiger partial charge in [0.05, 0.1) is 24.9 Å². The number of halogens is 1. The molecule has 150 valence electrons. The number of hydrogen-bond acceptors (Lipinski definition) is 4. The Morgan fingerprint density at radius 2 is 2.10 bits per heavy atom. The molecule has 2 unspecified atom stereocenters. The number of hydrogen-bond donors (Lipinski definition) is 1. The molecule has 1 aromatic carbocycles. The third-order valence-corrected chi connectivity index (χ3v) is 5.43. The van der Waals surface area contributed by atoms with Gasteiger partial charge in [-0.3, -0.25) is 9.48 Å². The maximum atomic E-state index is 13.1. The number of benzene rings is 1. The quantitative estimate of drug-likeness (QED) is 0.663. The molecular formula is C22H23FN4O2. The number of carbonyl (C=O) groups is 1. The number of carbonyl (C=O) groups excluding carboxylic acids is 1. The summed E-state index contributed by atoms with van der Waals surface area (Å²) in [4.78, 5) is 16.8. The lowest BCUT2D eigenvalue weighted by Crippen LogP contribution is -2.26. The minimum Gasteiger partial charge on any atom is -0.489 e. The lowest BCUT2D eigenvalue weighted by molar-refractivity contribution is -0.117. The van der Waals surface area contributed by atoms with Crippen LogP contribution in [-0.4, -0.2) is 27.3 Å². The largest absolute Gasteiger partial charge is 0.489 e. The highest BCUT2D eigenvalue weighted by Crippen LogP contribution is 2.55. The molecule has 2 aromatic heterocycles. The monoisotopic (exact) mass is 394 g/mol. The normalized spacial score (nSPS) is 20.3. The molecule has 7 heteroatoms. The fourth-order valence-corrected chi connectivity index (χ4v) is 3.65. The maximum Gasteiger partial charge on any atom is 0.229 e. The summed E-state index contributed by atoms with van der Waals surface area (Å²) in [6, 6.07) is 12.7. The van der Waals surface area contributed by atoms with Crippen molar-refractivity contribution in [3.63, 3.8) is 0 Å². The number of aromatic nitrogens is 3. The van der Waals surface area contributed by atoms with Crippen LogP contribution in [-0.2, 0) is 16.8 Å². The average Bonchev–Trinajstić information content (AvgIpc) is 3.38. The highest BCUT2D eigenvalue weighted by molar-refractivity contribution is 5.95. The first-order chi connectivity index (χ1) is 14.0. The number of anilines is 1. The second-order valence-corrected chi connectivity index (χ2v) is 7.35. The predicted octanol–water partition coefficient (Wildman–Crippen LogP) is 3.72.